The fraction of sp³-hybridized carbons (Fsp3) is 0.385. The van der Waals surface area contributed by atoms with Crippen molar-refractivity contribution in [1.29, 1.82) is 0 Å². The number of ether oxygens (including phenoxy) is 2. The van der Waals surface area contributed by atoms with Gasteiger partial charge in [-0.25, -0.2) is 9.59 Å². The van der Waals surface area contributed by atoms with Crippen LogP contribution in [0.25, 0.3) is 0 Å². The predicted molar refractivity (Wildman–Crippen MR) is 65.8 cm³/mol. The molecular weight excluding hydrogens is 248 g/mol. The van der Waals surface area contributed by atoms with Crippen LogP contribution in [0.1, 0.15) is 35.3 Å². The van der Waals surface area contributed by atoms with E-state index in [-0.39, 0.29) is 12.1 Å². The lowest BCUT2D eigenvalue weighted by atomic mass is 9.91. The SMILES string of the molecule is COC(=O)c1ccc2c(c1)C1CC(C)(NC(=O)N1)O2. The van der Waals surface area contributed by atoms with Crippen molar-refractivity contribution in [3.63, 3.8) is 0 Å². The number of nitrogens with one attached hydrogen (secondary N) is 2. The molecule has 2 amide bonds. The van der Waals surface area contributed by atoms with E-state index in [2.05, 4.69) is 10.6 Å². The summed E-state index contributed by atoms with van der Waals surface area (Å²) in [5.41, 5.74) is 0.545. The number of methoxy groups -OCH3 is 1. The van der Waals surface area contributed by atoms with Crippen LogP contribution in [0.5, 0.6) is 5.75 Å². The van der Waals surface area contributed by atoms with Crippen LogP contribution in [0.3, 0.4) is 0 Å². The lowest BCUT2D eigenvalue weighted by molar-refractivity contribution is 0.0118. The average molecular weight is 262 g/mol. The highest BCUT2D eigenvalue weighted by Crippen LogP contribution is 2.40. The summed E-state index contributed by atoms with van der Waals surface area (Å²) >= 11 is 0. The highest BCUT2D eigenvalue weighted by molar-refractivity contribution is 5.90. The molecule has 1 aromatic carbocycles. The molecule has 1 saturated heterocycles. The van der Waals surface area contributed by atoms with E-state index < -0.39 is 11.7 Å². The highest BCUT2D eigenvalue weighted by atomic mass is 16.5. The summed E-state index contributed by atoms with van der Waals surface area (Å²) in [5, 5.41) is 5.58. The van der Waals surface area contributed by atoms with Crippen molar-refractivity contribution in [3.05, 3.63) is 29.3 Å². The van der Waals surface area contributed by atoms with E-state index in [9.17, 15) is 9.59 Å². The monoisotopic (exact) mass is 262 g/mol. The van der Waals surface area contributed by atoms with Crippen LogP contribution >= 0.6 is 0 Å². The van der Waals surface area contributed by atoms with Gasteiger partial charge in [-0.15, -0.1) is 0 Å². The number of hydrogen-bond donors (Lipinski definition) is 2. The minimum atomic E-state index is -0.702. The third-order valence-electron chi connectivity index (χ3n) is 3.42. The van der Waals surface area contributed by atoms with E-state index in [0.29, 0.717) is 17.7 Å². The van der Waals surface area contributed by atoms with Gasteiger partial charge < -0.3 is 20.1 Å². The Hall–Kier alpha value is -2.24. The summed E-state index contributed by atoms with van der Waals surface area (Å²) in [6.45, 7) is 1.83. The van der Waals surface area contributed by atoms with Crippen molar-refractivity contribution < 1.29 is 19.1 Å². The van der Waals surface area contributed by atoms with Crippen molar-refractivity contribution in [1.82, 2.24) is 10.6 Å². The first-order chi connectivity index (χ1) is 9.00. The molecule has 3 rings (SSSR count). The maximum atomic E-state index is 11.6. The van der Waals surface area contributed by atoms with Crippen molar-refractivity contribution in [3.8, 4) is 5.75 Å². The summed E-state index contributed by atoms with van der Waals surface area (Å²) in [7, 11) is 1.33. The summed E-state index contributed by atoms with van der Waals surface area (Å²) < 4.78 is 10.5. The Balaban J connectivity index is 2.04. The van der Waals surface area contributed by atoms with E-state index in [4.69, 9.17) is 9.47 Å². The molecule has 6 heteroatoms. The van der Waals surface area contributed by atoms with Crippen molar-refractivity contribution >= 4 is 12.0 Å². The third-order valence-corrected chi connectivity index (χ3v) is 3.42. The molecule has 0 saturated carbocycles. The zero-order valence-corrected chi connectivity index (χ0v) is 10.6. The highest BCUT2D eigenvalue weighted by Gasteiger charge is 2.43. The average Bonchev–Trinajstić information content (AvgIpc) is 2.36. The number of carbonyl (C=O) groups is 2. The molecule has 0 aromatic heterocycles. The molecule has 100 valence electrons. The van der Waals surface area contributed by atoms with Crippen LogP contribution in [-0.4, -0.2) is 24.8 Å². The number of benzene rings is 1. The van der Waals surface area contributed by atoms with Crippen LogP contribution in [0.2, 0.25) is 0 Å². The second-order valence-corrected chi connectivity index (χ2v) is 4.93. The van der Waals surface area contributed by atoms with Crippen molar-refractivity contribution in [2.75, 3.05) is 7.11 Å². The first-order valence-electron chi connectivity index (χ1n) is 6.01. The molecule has 6 nitrogen and oxygen atoms in total. The first kappa shape index (κ1) is 11.8. The lowest BCUT2D eigenvalue weighted by Crippen LogP contribution is -2.62. The topological polar surface area (TPSA) is 76.7 Å². The number of urea groups is 1. The number of rotatable bonds is 1. The molecule has 0 radical (unpaired) electrons. The van der Waals surface area contributed by atoms with Crippen molar-refractivity contribution in [2.24, 2.45) is 0 Å². The maximum absolute atomic E-state index is 11.6. The molecule has 2 aliphatic heterocycles. The van der Waals surface area contributed by atoms with Gasteiger partial charge in [-0.3, -0.25) is 0 Å². The zero-order valence-electron chi connectivity index (χ0n) is 10.6. The fourth-order valence-corrected chi connectivity index (χ4v) is 2.58. The van der Waals surface area contributed by atoms with Gasteiger partial charge in [0.25, 0.3) is 0 Å². The standard InChI is InChI=1S/C13H14N2O4/c1-13-6-9(14-12(17)15-13)8-5-7(11(16)18-2)3-4-10(8)19-13/h3-5,9H,6H2,1-2H3,(H2,14,15,17). The van der Waals surface area contributed by atoms with Gasteiger partial charge in [-0.1, -0.05) is 0 Å². The van der Waals surface area contributed by atoms with E-state index in [1.165, 1.54) is 7.11 Å². The fourth-order valence-electron chi connectivity index (χ4n) is 2.58. The first-order valence-corrected chi connectivity index (χ1v) is 6.01. The Morgan fingerprint density at radius 3 is 3.05 bits per heavy atom. The van der Waals surface area contributed by atoms with Gasteiger partial charge in [0.05, 0.1) is 18.7 Å². The molecule has 2 aliphatic rings. The zero-order chi connectivity index (χ0) is 13.6. The maximum Gasteiger partial charge on any atom is 0.337 e. The molecule has 2 heterocycles. The number of carbonyl (C=O) groups excluding carboxylic acids is 2. The van der Waals surface area contributed by atoms with Crippen molar-refractivity contribution in [2.45, 2.75) is 25.1 Å². The molecule has 2 N–H and O–H groups in total. The molecule has 1 fully saturated rings. The molecule has 2 bridgehead atoms. The van der Waals surface area contributed by atoms with E-state index in [1.54, 1.807) is 18.2 Å². The van der Waals surface area contributed by atoms with Gasteiger partial charge >= 0.3 is 12.0 Å². The van der Waals surface area contributed by atoms with Gasteiger partial charge in [0.15, 0.2) is 5.72 Å². The molecule has 0 spiro atoms. The molecule has 0 aliphatic carbocycles. The number of hydrogen-bond acceptors (Lipinski definition) is 4. The van der Waals surface area contributed by atoms with Gasteiger partial charge in [0, 0.05) is 12.0 Å². The number of fused-ring (bicyclic) bond motifs is 4. The minimum absolute atomic E-state index is 0.160. The summed E-state index contributed by atoms with van der Waals surface area (Å²) in [6, 6.07) is 4.65. The van der Waals surface area contributed by atoms with Gasteiger partial charge in [-0.05, 0) is 25.1 Å². The molecule has 2 atom stereocenters. The second kappa shape index (κ2) is 3.88. The Kier molecular flexibility index (Phi) is 2.41. The largest absolute Gasteiger partial charge is 0.468 e. The van der Waals surface area contributed by atoms with Crippen LogP contribution < -0.4 is 15.4 Å². The summed E-state index contributed by atoms with van der Waals surface area (Å²) in [5.74, 6) is 0.260. The van der Waals surface area contributed by atoms with Gasteiger partial charge in [-0.2, -0.15) is 0 Å². The summed E-state index contributed by atoms with van der Waals surface area (Å²) in [6.07, 6.45) is 0.608. The smallest absolute Gasteiger partial charge is 0.337 e. The van der Waals surface area contributed by atoms with Crippen LogP contribution in [0, 0.1) is 0 Å². The van der Waals surface area contributed by atoms with E-state index in [1.807, 2.05) is 6.92 Å². The molecule has 2 unspecified atom stereocenters. The van der Waals surface area contributed by atoms with Crippen LogP contribution in [0.4, 0.5) is 4.79 Å². The Morgan fingerprint density at radius 1 is 1.53 bits per heavy atom. The Bertz CT molecular complexity index is 572. The Labute approximate surface area is 110 Å². The quantitative estimate of drug-likeness (QED) is 0.748. The Morgan fingerprint density at radius 2 is 2.32 bits per heavy atom. The third kappa shape index (κ3) is 1.89. The molecular formula is C13H14N2O4. The number of esters is 1. The second-order valence-electron chi connectivity index (χ2n) is 4.93. The molecule has 1 aromatic rings. The normalized spacial score (nSPS) is 27.5. The predicted octanol–water partition coefficient (Wildman–Crippen LogP) is 1.33. The minimum Gasteiger partial charge on any atom is -0.468 e. The number of amides is 2. The van der Waals surface area contributed by atoms with Gasteiger partial charge in [0.1, 0.15) is 5.75 Å². The van der Waals surface area contributed by atoms with Crippen LogP contribution in [-0.2, 0) is 4.74 Å². The summed E-state index contributed by atoms with van der Waals surface area (Å²) in [4.78, 5) is 23.1. The van der Waals surface area contributed by atoms with Crippen LogP contribution in [0.15, 0.2) is 18.2 Å². The lowest BCUT2D eigenvalue weighted by Gasteiger charge is -2.44. The van der Waals surface area contributed by atoms with Gasteiger partial charge in [0.2, 0.25) is 0 Å². The molecule has 19 heavy (non-hydrogen) atoms. The van der Waals surface area contributed by atoms with E-state index >= 15 is 0 Å². The van der Waals surface area contributed by atoms with E-state index in [0.717, 1.165) is 5.56 Å².